The van der Waals surface area contributed by atoms with Crippen LogP contribution in [0.4, 0.5) is 0 Å². The molecule has 0 aliphatic rings. The normalized spacial score (nSPS) is 9.73. The van der Waals surface area contributed by atoms with Gasteiger partial charge in [-0.05, 0) is 25.0 Å². The Morgan fingerprint density at radius 1 is 1.33 bits per heavy atom. The molecule has 0 spiro atoms. The largest absolute Gasteiger partial charge is 0.359 e. The summed E-state index contributed by atoms with van der Waals surface area (Å²) in [5, 5.41) is 2.57. The van der Waals surface area contributed by atoms with E-state index in [0.29, 0.717) is 18.4 Å². The molecule has 0 aromatic heterocycles. The topological polar surface area (TPSA) is 46.2 Å². The highest BCUT2D eigenvalue weighted by Gasteiger charge is 2.02. The molecule has 1 N–H and O–H groups in total. The number of hydrogen-bond acceptors (Lipinski definition) is 2. The van der Waals surface area contributed by atoms with Crippen molar-refractivity contribution in [2.24, 2.45) is 0 Å². The lowest BCUT2D eigenvalue weighted by Gasteiger charge is -2.02. The lowest BCUT2D eigenvalue weighted by Crippen LogP contribution is -2.17. The lowest BCUT2D eigenvalue weighted by molar-refractivity contribution is -0.120. The van der Waals surface area contributed by atoms with Gasteiger partial charge in [0.2, 0.25) is 5.91 Å². The van der Waals surface area contributed by atoms with Crippen molar-refractivity contribution in [2.45, 2.75) is 19.8 Å². The second kappa shape index (κ2) is 5.29. The Labute approximate surface area is 89.5 Å². The minimum atomic E-state index is 0.0169. The minimum absolute atomic E-state index is 0.0169. The van der Waals surface area contributed by atoms with E-state index in [4.69, 9.17) is 0 Å². The number of carbonyl (C=O) groups excluding carboxylic acids is 2. The summed E-state index contributed by atoms with van der Waals surface area (Å²) in [4.78, 5) is 22.1. The molecule has 1 amide bonds. The zero-order valence-electron chi connectivity index (χ0n) is 9.04. The fourth-order valence-corrected chi connectivity index (χ4v) is 1.33. The third-order valence-electron chi connectivity index (χ3n) is 2.25. The SMILES string of the molecule is CNC(=O)CCc1cccc(C(C)=O)c1. The van der Waals surface area contributed by atoms with E-state index in [1.807, 2.05) is 18.2 Å². The van der Waals surface area contributed by atoms with E-state index in [1.54, 1.807) is 13.1 Å². The number of Topliss-reactive ketones (excluding diaryl/α,β-unsaturated/α-hetero) is 1. The van der Waals surface area contributed by atoms with Gasteiger partial charge in [0.15, 0.2) is 5.78 Å². The zero-order valence-corrected chi connectivity index (χ0v) is 9.04. The van der Waals surface area contributed by atoms with Gasteiger partial charge < -0.3 is 5.32 Å². The molecule has 1 aromatic carbocycles. The number of aryl methyl sites for hydroxylation is 1. The Morgan fingerprint density at radius 2 is 2.07 bits per heavy atom. The number of nitrogens with one attached hydrogen (secondary N) is 1. The van der Waals surface area contributed by atoms with Crippen LogP contribution in [0.15, 0.2) is 24.3 Å². The molecule has 0 fully saturated rings. The fraction of sp³-hybridized carbons (Fsp3) is 0.333. The van der Waals surface area contributed by atoms with E-state index < -0.39 is 0 Å². The molecule has 0 bridgehead atoms. The summed E-state index contributed by atoms with van der Waals surface area (Å²) in [6.07, 6.45) is 1.12. The average Bonchev–Trinajstić information content (AvgIpc) is 2.26. The van der Waals surface area contributed by atoms with Gasteiger partial charge in [-0.2, -0.15) is 0 Å². The van der Waals surface area contributed by atoms with Crippen LogP contribution in [-0.2, 0) is 11.2 Å². The maximum atomic E-state index is 11.1. The fourth-order valence-electron chi connectivity index (χ4n) is 1.33. The maximum Gasteiger partial charge on any atom is 0.220 e. The van der Waals surface area contributed by atoms with Crippen LogP contribution < -0.4 is 5.32 Å². The van der Waals surface area contributed by atoms with Crippen molar-refractivity contribution in [3.8, 4) is 0 Å². The quantitative estimate of drug-likeness (QED) is 0.758. The van der Waals surface area contributed by atoms with Crippen molar-refractivity contribution in [3.05, 3.63) is 35.4 Å². The molecule has 0 aliphatic carbocycles. The Morgan fingerprint density at radius 3 is 2.67 bits per heavy atom. The summed E-state index contributed by atoms with van der Waals surface area (Å²) in [5.41, 5.74) is 1.72. The standard InChI is InChI=1S/C12H15NO2/c1-9(14)11-5-3-4-10(8-11)6-7-12(15)13-2/h3-5,8H,6-7H2,1-2H3,(H,13,15). The molecular weight excluding hydrogens is 190 g/mol. The first-order valence-electron chi connectivity index (χ1n) is 4.94. The Balaban J connectivity index is 2.66. The van der Waals surface area contributed by atoms with E-state index in [1.165, 1.54) is 6.92 Å². The molecule has 1 rings (SSSR count). The van der Waals surface area contributed by atoms with Crippen LogP contribution in [0.5, 0.6) is 0 Å². The minimum Gasteiger partial charge on any atom is -0.359 e. The molecule has 0 aliphatic heterocycles. The number of rotatable bonds is 4. The van der Waals surface area contributed by atoms with Gasteiger partial charge in [-0.3, -0.25) is 9.59 Å². The van der Waals surface area contributed by atoms with E-state index in [2.05, 4.69) is 5.32 Å². The van der Waals surface area contributed by atoms with Crippen LogP contribution >= 0.6 is 0 Å². The molecule has 15 heavy (non-hydrogen) atoms. The van der Waals surface area contributed by atoms with Crippen LogP contribution in [0.2, 0.25) is 0 Å². The first-order valence-corrected chi connectivity index (χ1v) is 4.94. The molecule has 80 valence electrons. The molecule has 0 heterocycles. The number of carbonyl (C=O) groups is 2. The molecule has 0 saturated heterocycles. The average molecular weight is 205 g/mol. The predicted octanol–water partition coefficient (Wildman–Crippen LogP) is 1.57. The van der Waals surface area contributed by atoms with Gasteiger partial charge in [0.1, 0.15) is 0 Å². The summed E-state index contributed by atoms with van der Waals surface area (Å²) in [5.74, 6) is 0.0695. The van der Waals surface area contributed by atoms with Crippen molar-refractivity contribution in [3.63, 3.8) is 0 Å². The first-order chi connectivity index (χ1) is 7.13. The number of amides is 1. The van der Waals surface area contributed by atoms with E-state index in [0.717, 1.165) is 5.56 Å². The van der Waals surface area contributed by atoms with Crippen molar-refractivity contribution in [1.29, 1.82) is 0 Å². The monoisotopic (exact) mass is 205 g/mol. The summed E-state index contributed by atoms with van der Waals surface area (Å²) >= 11 is 0. The Kier molecular flexibility index (Phi) is 4.03. The molecule has 0 atom stereocenters. The van der Waals surface area contributed by atoms with Crippen LogP contribution in [-0.4, -0.2) is 18.7 Å². The number of ketones is 1. The molecule has 0 radical (unpaired) electrons. The third kappa shape index (κ3) is 3.54. The molecule has 3 nitrogen and oxygen atoms in total. The van der Waals surface area contributed by atoms with Crippen LogP contribution in [0, 0.1) is 0 Å². The zero-order chi connectivity index (χ0) is 11.3. The van der Waals surface area contributed by atoms with E-state index in [9.17, 15) is 9.59 Å². The lowest BCUT2D eigenvalue weighted by atomic mass is 10.0. The van der Waals surface area contributed by atoms with Crippen LogP contribution in [0.3, 0.4) is 0 Å². The van der Waals surface area contributed by atoms with Gasteiger partial charge in [-0.25, -0.2) is 0 Å². The summed E-state index contributed by atoms with van der Waals surface area (Å²) in [7, 11) is 1.62. The second-order valence-corrected chi connectivity index (χ2v) is 3.43. The van der Waals surface area contributed by atoms with Gasteiger partial charge in [0.25, 0.3) is 0 Å². The number of hydrogen-bond donors (Lipinski definition) is 1. The third-order valence-corrected chi connectivity index (χ3v) is 2.25. The Hall–Kier alpha value is -1.64. The van der Waals surface area contributed by atoms with Crippen molar-refractivity contribution in [1.82, 2.24) is 5.32 Å². The molecule has 0 unspecified atom stereocenters. The van der Waals surface area contributed by atoms with E-state index in [-0.39, 0.29) is 11.7 Å². The van der Waals surface area contributed by atoms with Gasteiger partial charge in [0, 0.05) is 19.0 Å². The highest BCUT2D eigenvalue weighted by Crippen LogP contribution is 2.08. The Bertz CT molecular complexity index is 372. The second-order valence-electron chi connectivity index (χ2n) is 3.43. The highest BCUT2D eigenvalue weighted by molar-refractivity contribution is 5.94. The van der Waals surface area contributed by atoms with Gasteiger partial charge in [-0.1, -0.05) is 18.2 Å². The summed E-state index contributed by atoms with van der Waals surface area (Å²) < 4.78 is 0. The van der Waals surface area contributed by atoms with Crippen LogP contribution in [0.25, 0.3) is 0 Å². The summed E-state index contributed by atoms with van der Waals surface area (Å²) in [6, 6.07) is 7.39. The van der Waals surface area contributed by atoms with Gasteiger partial charge in [0.05, 0.1) is 0 Å². The molecule has 3 heteroatoms. The van der Waals surface area contributed by atoms with Crippen molar-refractivity contribution < 1.29 is 9.59 Å². The maximum absolute atomic E-state index is 11.1. The van der Waals surface area contributed by atoms with Crippen molar-refractivity contribution >= 4 is 11.7 Å². The van der Waals surface area contributed by atoms with E-state index >= 15 is 0 Å². The number of benzene rings is 1. The van der Waals surface area contributed by atoms with Crippen LogP contribution in [0.1, 0.15) is 29.3 Å². The highest BCUT2D eigenvalue weighted by atomic mass is 16.1. The van der Waals surface area contributed by atoms with Crippen molar-refractivity contribution in [2.75, 3.05) is 7.05 Å². The predicted molar refractivity (Wildman–Crippen MR) is 58.8 cm³/mol. The first kappa shape index (κ1) is 11.4. The van der Waals surface area contributed by atoms with Gasteiger partial charge in [-0.15, -0.1) is 0 Å². The molecule has 0 saturated carbocycles. The van der Waals surface area contributed by atoms with Gasteiger partial charge >= 0.3 is 0 Å². The smallest absolute Gasteiger partial charge is 0.220 e. The molecular formula is C12H15NO2. The molecule has 1 aromatic rings. The summed E-state index contributed by atoms with van der Waals surface area (Å²) in [6.45, 7) is 1.54.